The molecule has 3 heteroatoms. The van der Waals surface area contributed by atoms with E-state index in [-0.39, 0.29) is 0 Å². The molecular weight excluding hydrogens is 236 g/mol. The minimum Gasteiger partial charge on any atom is -0.497 e. The molecule has 19 heavy (non-hydrogen) atoms. The van der Waals surface area contributed by atoms with Crippen LogP contribution in [0, 0.1) is 0 Å². The largest absolute Gasteiger partial charge is 0.497 e. The maximum Gasteiger partial charge on any atom is 0.145 e. The van der Waals surface area contributed by atoms with Crippen LogP contribution < -0.4 is 4.74 Å². The van der Waals surface area contributed by atoms with Gasteiger partial charge in [0.25, 0.3) is 0 Å². The van der Waals surface area contributed by atoms with E-state index in [1.807, 2.05) is 30.3 Å². The molecule has 0 radical (unpaired) electrons. The first-order valence-electron chi connectivity index (χ1n) is 6.20. The number of fused-ring (bicyclic) bond motifs is 5. The van der Waals surface area contributed by atoms with Gasteiger partial charge in [0.15, 0.2) is 0 Å². The molecule has 0 N–H and O–H groups in total. The van der Waals surface area contributed by atoms with Crippen LogP contribution in [-0.2, 0) is 0 Å². The number of imidazole rings is 1. The average molecular weight is 248 g/mol. The molecule has 3 nitrogen and oxygen atoms in total. The van der Waals surface area contributed by atoms with Gasteiger partial charge in [-0.25, -0.2) is 4.98 Å². The van der Waals surface area contributed by atoms with Crippen LogP contribution >= 0.6 is 0 Å². The number of pyridine rings is 1. The summed E-state index contributed by atoms with van der Waals surface area (Å²) < 4.78 is 7.38. The highest BCUT2D eigenvalue weighted by atomic mass is 16.5. The number of hydrogen-bond donors (Lipinski definition) is 0. The van der Waals surface area contributed by atoms with Gasteiger partial charge in [-0.2, -0.15) is 0 Å². The summed E-state index contributed by atoms with van der Waals surface area (Å²) in [4.78, 5) is 4.73. The van der Waals surface area contributed by atoms with Crippen LogP contribution in [0.15, 0.2) is 54.7 Å². The fourth-order valence-electron chi connectivity index (χ4n) is 2.55. The Balaban J connectivity index is 2.20. The standard InChI is InChI=1S/C16H12N2O/c1-19-12-6-7-15-14(10-12)17-16-13-5-3-2-4-11(13)8-9-18(15)16/h2-10H,1H3. The van der Waals surface area contributed by atoms with Gasteiger partial charge in [-0.05, 0) is 23.6 Å². The number of benzene rings is 2. The van der Waals surface area contributed by atoms with Crippen LogP contribution in [0.4, 0.5) is 0 Å². The number of rotatable bonds is 1. The third-order valence-electron chi connectivity index (χ3n) is 3.50. The number of ether oxygens (including phenoxy) is 1. The SMILES string of the molecule is COc1ccc2c(c1)nc1c3ccccc3ccn21. The second-order valence-electron chi connectivity index (χ2n) is 4.56. The summed E-state index contributed by atoms with van der Waals surface area (Å²) in [7, 11) is 1.67. The molecule has 0 spiro atoms. The molecule has 0 amide bonds. The van der Waals surface area contributed by atoms with Crippen molar-refractivity contribution in [1.29, 1.82) is 0 Å². The zero-order chi connectivity index (χ0) is 12.8. The summed E-state index contributed by atoms with van der Waals surface area (Å²) in [5.74, 6) is 0.834. The van der Waals surface area contributed by atoms with Crippen molar-refractivity contribution in [3.63, 3.8) is 0 Å². The first-order chi connectivity index (χ1) is 9.36. The predicted molar refractivity (Wildman–Crippen MR) is 76.8 cm³/mol. The summed E-state index contributed by atoms with van der Waals surface area (Å²) in [6.07, 6.45) is 2.07. The lowest BCUT2D eigenvalue weighted by molar-refractivity contribution is 0.415. The molecular formula is C16H12N2O. The number of aromatic nitrogens is 2. The smallest absolute Gasteiger partial charge is 0.145 e. The summed E-state index contributed by atoms with van der Waals surface area (Å²) in [6.45, 7) is 0. The molecule has 4 aromatic rings. The highest BCUT2D eigenvalue weighted by molar-refractivity contribution is 5.98. The van der Waals surface area contributed by atoms with Crippen molar-refractivity contribution in [2.45, 2.75) is 0 Å². The van der Waals surface area contributed by atoms with Gasteiger partial charge < -0.3 is 4.74 Å². The van der Waals surface area contributed by atoms with E-state index in [1.54, 1.807) is 7.11 Å². The highest BCUT2D eigenvalue weighted by Gasteiger charge is 2.08. The summed E-state index contributed by atoms with van der Waals surface area (Å²) >= 11 is 0. The second-order valence-corrected chi connectivity index (χ2v) is 4.56. The molecule has 2 heterocycles. The number of methoxy groups -OCH3 is 1. The minimum atomic E-state index is 0.834. The van der Waals surface area contributed by atoms with E-state index in [9.17, 15) is 0 Å². The van der Waals surface area contributed by atoms with Gasteiger partial charge in [-0.1, -0.05) is 24.3 Å². The first-order valence-corrected chi connectivity index (χ1v) is 6.20. The summed E-state index contributed by atoms with van der Waals surface area (Å²) in [6, 6.07) is 16.4. The van der Waals surface area contributed by atoms with Gasteiger partial charge in [0.1, 0.15) is 11.4 Å². The van der Waals surface area contributed by atoms with Gasteiger partial charge in [-0.3, -0.25) is 4.40 Å². The fraction of sp³-hybridized carbons (Fsp3) is 0.0625. The normalized spacial score (nSPS) is 11.4. The van der Waals surface area contributed by atoms with Gasteiger partial charge in [-0.15, -0.1) is 0 Å². The number of nitrogens with zero attached hydrogens (tertiary/aromatic N) is 2. The van der Waals surface area contributed by atoms with Crippen molar-refractivity contribution < 1.29 is 4.74 Å². The van der Waals surface area contributed by atoms with Gasteiger partial charge >= 0.3 is 0 Å². The van der Waals surface area contributed by atoms with Gasteiger partial charge in [0.05, 0.1) is 18.1 Å². The Kier molecular flexibility index (Phi) is 2.03. The van der Waals surface area contributed by atoms with Crippen molar-refractivity contribution >= 4 is 27.5 Å². The van der Waals surface area contributed by atoms with Crippen LogP contribution in [0.25, 0.3) is 27.5 Å². The lowest BCUT2D eigenvalue weighted by Crippen LogP contribution is -1.85. The Labute approximate surface area is 110 Å². The molecule has 0 saturated heterocycles. The van der Waals surface area contributed by atoms with Crippen molar-refractivity contribution in [3.8, 4) is 5.75 Å². The monoisotopic (exact) mass is 248 g/mol. The van der Waals surface area contributed by atoms with E-state index in [1.165, 1.54) is 10.8 Å². The molecule has 92 valence electrons. The van der Waals surface area contributed by atoms with Crippen LogP contribution in [0.2, 0.25) is 0 Å². The van der Waals surface area contributed by atoms with E-state index in [4.69, 9.17) is 9.72 Å². The molecule has 0 atom stereocenters. The lowest BCUT2D eigenvalue weighted by atomic mass is 10.2. The Bertz CT molecular complexity index is 908. The molecule has 0 fully saturated rings. The van der Waals surface area contributed by atoms with E-state index in [2.05, 4.69) is 28.8 Å². The van der Waals surface area contributed by atoms with Crippen LogP contribution in [0.3, 0.4) is 0 Å². The van der Waals surface area contributed by atoms with Crippen LogP contribution in [0.1, 0.15) is 0 Å². The Morgan fingerprint density at radius 1 is 1.05 bits per heavy atom. The van der Waals surface area contributed by atoms with E-state index in [0.717, 1.165) is 22.4 Å². The quantitative estimate of drug-likeness (QED) is 0.514. The second kappa shape index (κ2) is 3.72. The van der Waals surface area contributed by atoms with Crippen molar-refractivity contribution in [1.82, 2.24) is 9.38 Å². The minimum absolute atomic E-state index is 0.834. The first kappa shape index (κ1) is 10.4. The van der Waals surface area contributed by atoms with Crippen molar-refractivity contribution in [2.24, 2.45) is 0 Å². The summed E-state index contributed by atoms with van der Waals surface area (Å²) in [5.41, 5.74) is 3.04. The lowest BCUT2D eigenvalue weighted by Gasteiger charge is -2.01. The molecule has 0 aliphatic carbocycles. The average Bonchev–Trinajstić information content (AvgIpc) is 2.85. The zero-order valence-electron chi connectivity index (χ0n) is 10.5. The molecule has 4 rings (SSSR count). The predicted octanol–water partition coefficient (Wildman–Crippen LogP) is 3.65. The van der Waals surface area contributed by atoms with E-state index < -0.39 is 0 Å². The molecule has 0 aliphatic rings. The van der Waals surface area contributed by atoms with Crippen molar-refractivity contribution in [2.75, 3.05) is 7.11 Å². The van der Waals surface area contributed by atoms with Gasteiger partial charge in [0, 0.05) is 17.6 Å². The molecule has 0 aliphatic heterocycles. The van der Waals surface area contributed by atoms with E-state index in [0.29, 0.717) is 0 Å². The number of hydrogen-bond acceptors (Lipinski definition) is 2. The highest BCUT2D eigenvalue weighted by Crippen LogP contribution is 2.26. The molecule has 0 bridgehead atoms. The Morgan fingerprint density at radius 2 is 1.95 bits per heavy atom. The fourth-order valence-corrected chi connectivity index (χ4v) is 2.55. The third-order valence-corrected chi connectivity index (χ3v) is 3.50. The van der Waals surface area contributed by atoms with Crippen LogP contribution in [-0.4, -0.2) is 16.5 Å². The van der Waals surface area contributed by atoms with Crippen molar-refractivity contribution in [3.05, 3.63) is 54.7 Å². The van der Waals surface area contributed by atoms with E-state index >= 15 is 0 Å². The molecule has 2 aromatic carbocycles. The summed E-state index contributed by atoms with van der Waals surface area (Å²) in [5, 5.41) is 2.37. The zero-order valence-corrected chi connectivity index (χ0v) is 10.5. The Hall–Kier alpha value is -2.55. The molecule has 0 unspecified atom stereocenters. The van der Waals surface area contributed by atoms with Crippen LogP contribution in [0.5, 0.6) is 5.75 Å². The maximum absolute atomic E-state index is 5.26. The Morgan fingerprint density at radius 3 is 2.84 bits per heavy atom. The molecule has 2 aromatic heterocycles. The third kappa shape index (κ3) is 1.41. The topological polar surface area (TPSA) is 26.5 Å². The van der Waals surface area contributed by atoms with Gasteiger partial charge in [0.2, 0.25) is 0 Å². The molecule has 0 saturated carbocycles. The maximum atomic E-state index is 5.26.